The van der Waals surface area contributed by atoms with Crippen molar-refractivity contribution in [1.82, 2.24) is 0 Å². The largest absolute Gasteiger partial charge is 0.513 e. The zero-order chi connectivity index (χ0) is 11.7. The summed E-state index contributed by atoms with van der Waals surface area (Å²) in [5.74, 6) is -0.666. The number of carbonyl (C=O) groups excluding carboxylic acids is 1. The topological polar surface area (TPSA) is 44.8 Å². The molecule has 0 aromatic carbocycles. The zero-order valence-corrected chi connectivity index (χ0v) is 11.0. The summed E-state index contributed by atoms with van der Waals surface area (Å²) in [6.07, 6.45) is 4.04. The maximum atomic E-state index is 11.3. The van der Waals surface area contributed by atoms with E-state index in [2.05, 4.69) is 0 Å². The minimum absolute atomic E-state index is 0.304. The SMILES string of the molecule is CC=CC(=O)O[SiH](CCC)C(OC)OC. The van der Waals surface area contributed by atoms with Gasteiger partial charge in [0.05, 0.1) is 0 Å². The summed E-state index contributed by atoms with van der Waals surface area (Å²) in [6, 6.07) is 0.857. The van der Waals surface area contributed by atoms with Gasteiger partial charge in [-0.25, -0.2) is 4.79 Å². The first-order valence-electron chi connectivity index (χ1n) is 5.08. The summed E-state index contributed by atoms with van der Waals surface area (Å²) in [7, 11) is 1.34. The molecule has 0 rings (SSSR count). The van der Waals surface area contributed by atoms with Gasteiger partial charge in [0, 0.05) is 20.3 Å². The Balaban J connectivity index is 4.30. The van der Waals surface area contributed by atoms with Gasteiger partial charge in [0.25, 0.3) is 9.04 Å². The summed E-state index contributed by atoms with van der Waals surface area (Å²) in [5.41, 5.74) is 0. The lowest BCUT2D eigenvalue weighted by atomic mass is 10.5. The average Bonchev–Trinajstić information content (AvgIpc) is 2.20. The van der Waals surface area contributed by atoms with Crippen molar-refractivity contribution in [3.8, 4) is 0 Å². The predicted octanol–water partition coefficient (Wildman–Crippen LogP) is 1.40. The van der Waals surface area contributed by atoms with Gasteiger partial charge in [0.1, 0.15) is 0 Å². The van der Waals surface area contributed by atoms with Crippen molar-refractivity contribution >= 4 is 15.0 Å². The van der Waals surface area contributed by atoms with Crippen molar-refractivity contribution in [1.29, 1.82) is 0 Å². The number of hydrogen-bond donors (Lipinski definition) is 0. The second-order valence-corrected chi connectivity index (χ2v) is 5.54. The molecule has 5 heteroatoms. The second-order valence-electron chi connectivity index (χ2n) is 3.10. The van der Waals surface area contributed by atoms with Gasteiger partial charge < -0.3 is 13.9 Å². The Kier molecular flexibility index (Phi) is 8.26. The molecule has 0 aliphatic carbocycles. The quantitative estimate of drug-likeness (QED) is 0.378. The molecule has 0 bridgehead atoms. The Hall–Kier alpha value is -0.653. The molecule has 0 saturated heterocycles. The van der Waals surface area contributed by atoms with Gasteiger partial charge in [0.2, 0.25) is 0 Å². The van der Waals surface area contributed by atoms with Crippen molar-refractivity contribution in [2.75, 3.05) is 14.2 Å². The Morgan fingerprint density at radius 2 is 2.00 bits per heavy atom. The van der Waals surface area contributed by atoms with E-state index in [-0.39, 0.29) is 11.9 Å². The molecule has 0 saturated carbocycles. The Morgan fingerprint density at radius 3 is 2.40 bits per heavy atom. The van der Waals surface area contributed by atoms with Crippen molar-refractivity contribution < 1.29 is 18.7 Å². The molecule has 0 aliphatic rings. The van der Waals surface area contributed by atoms with Crippen LogP contribution in [0, 0.1) is 0 Å². The van der Waals surface area contributed by atoms with Crippen molar-refractivity contribution in [3.05, 3.63) is 12.2 Å². The third-order valence-electron chi connectivity index (χ3n) is 1.91. The lowest BCUT2D eigenvalue weighted by molar-refractivity contribution is -0.131. The molecule has 0 aliphatic heterocycles. The highest BCUT2D eigenvalue weighted by molar-refractivity contribution is 6.55. The minimum Gasteiger partial charge on any atom is -0.513 e. The monoisotopic (exact) mass is 232 g/mol. The lowest BCUT2D eigenvalue weighted by Gasteiger charge is -2.22. The fraction of sp³-hybridized carbons (Fsp3) is 0.700. The van der Waals surface area contributed by atoms with Crippen LogP contribution < -0.4 is 0 Å². The number of rotatable bonds is 7. The van der Waals surface area contributed by atoms with E-state index in [1.165, 1.54) is 6.08 Å². The summed E-state index contributed by atoms with van der Waals surface area (Å²) in [4.78, 5) is 11.3. The van der Waals surface area contributed by atoms with Crippen LogP contribution in [0.25, 0.3) is 0 Å². The standard InChI is InChI=1S/C10H20O4Si/c1-5-7-9(11)14-15(8-6-2)10(12-3)13-4/h5,7,10,15H,6,8H2,1-4H3. The molecule has 0 N–H and O–H groups in total. The van der Waals surface area contributed by atoms with Gasteiger partial charge in [-0.15, -0.1) is 0 Å². The van der Waals surface area contributed by atoms with Crippen molar-refractivity contribution in [2.24, 2.45) is 0 Å². The van der Waals surface area contributed by atoms with Gasteiger partial charge in [-0.1, -0.05) is 19.4 Å². The van der Waals surface area contributed by atoms with Crippen molar-refractivity contribution in [3.63, 3.8) is 0 Å². The smallest absolute Gasteiger partial charge is 0.317 e. The molecule has 1 atom stereocenters. The van der Waals surface area contributed by atoms with E-state index < -0.39 is 9.04 Å². The van der Waals surface area contributed by atoms with Crippen molar-refractivity contribution in [2.45, 2.75) is 32.2 Å². The highest BCUT2D eigenvalue weighted by Crippen LogP contribution is 2.08. The van der Waals surface area contributed by atoms with E-state index in [0.29, 0.717) is 0 Å². The minimum atomic E-state index is -1.78. The number of ether oxygens (including phenoxy) is 2. The highest BCUT2D eigenvalue weighted by atomic mass is 28.3. The normalized spacial score (nSPS) is 13.4. The first-order chi connectivity index (χ1) is 7.19. The first-order valence-corrected chi connectivity index (χ1v) is 7.03. The fourth-order valence-corrected chi connectivity index (χ4v) is 3.31. The molecule has 0 fully saturated rings. The lowest BCUT2D eigenvalue weighted by Crippen LogP contribution is -2.38. The molecule has 0 radical (unpaired) electrons. The Morgan fingerprint density at radius 1 is 1.40 bits per heavy atom. The van der Waals surface area contributed by atoms with E-state index >= 15 is 0 Å². The zero-order valence-electron chi connectivity index (χ0n) is 9.86. The summed E-state index contributed by atoms with van der Waals surface area (Å²) >= 11 is 0. The number of carbonyl (C=O) groups is 1. The Bertz CT molecular complexity index is 202. The van der Waals surface area contributed by atoms with E-state index in [9.17, 15) is 4.79 Å². The van der Waals surface area contributed by atoms with E-state index in [1.807, 2.05) is 6.92 Å². The summed E-state index contributed by atoms with van der Waals surface area (Å²) < 4.78 is 15.6. The number of allylic oxidation sites excluding steroid dienone is 1. The van der Waals surface area contributed by atoms with Gasteiger partial charge in [-0.3, -0.25) is 0 Å². The maximum Gasteiger partial charge on any atom is 0.317 e. The van der Waals surface area contributed by atoms with Crippen LogP contribution in [0.3, 0.4) is 0 Å². The van der Waals surface area contributed by atoms with Gasteiger partial charge in [-0.2, -0.15) is 0 Å². The molecule has 0 amide bonds. The molecule has 0 aromatic rings. The number of hydrogen-bond acceptors (Lipinski definition) is 4. The van der Waals surface area contributed by atoms with Gasteiger partial charge in [0.15, 0.2) is 5.91 Å². The fourth-order valence-electron chi connectivity index (χ4n) is 1.26. The van der Waals surface area contributed by atoms with Crippen LogP contribution in [0.1, 0.15) is 20.3 Å². The molecular weight excluding hydrogens is 212 g/mol. The van der Waals surface area contributed by atoms with Crippen LogP contribution in [0.2, 0.25) is 6.04 Å². The van der Waals surface area contributed by atoms with Crippen LogP contribution >= 0.6 is 0 Å². The second kappa shape index (κ2) is 8.64. The van der Waals surface area contributed by atoms with Crippen LogP contribution in [0.15, 0.2) is 12.2 Å². The molecule has 4 nitrogen and oxygen atoms in total. The first kappa shape index (κ1) is 14.3. The molecule has 0 aromatic heterocycles. The van der Waals surface area contributed by atoms with Crippen LogP contribution in [-0.2, 0) is 18.7 Å². The van der Waals surface area contributed by atoms with Crippen LogP contribution in [-0.4, -0.2) is 35.1 Å². The third kappa shape index (κ3) is 5.71. The van der Waals surface area contributed by atoms with E-state index in [4.69, 9.17) is 13.9 Å². The van der Waals surface area contributed by atoms with Crippen LogP contribution in [0.5, 0.6) is 0 Å². The van der Waals surface area contributed by atoms with E-state index in [0.717, 1.165) is 12.5 Å². The molecule has 15 heavy (non-hydrogen) atoms. The number of methoxy groups -OCH3 is 2. The van der Waals surface area contributed by atoms with Crippen LogP contribution in [0.4, 0.5) is 0 Å². The average molecular weight is 232 g/mol. The summed E-state index contributed by atoms with van der Waals surface area (Å²) in [6.45, 7) is 3.83. The Labute approximate surface area is 92.9 Å². The van der Waals surface area contributed by atoms with E-state index in [1.54, 1.807) is 27.2 Å². The molecule has 88 valence electrons. The van der Waals surface area contributed by atoms with Gasteiger partial charge in [-0.05, 0) is 13.0 Å². The highest BCUT2D eigenvalue weighted by Gasteiger charge is 2.26. The third-order valence-corrected chi connectivity index (χ3v) is 4.74. The molecule has 1 unspecified atom stereocenters. The van der Waals surface area contributed by atoms with Gasteiger partial charge >= 0.3 is 5.97 Å². The molecule has 0 spiro atoms. The molecular formula is C10H20O4Si. The molecule has 0 heterocycles. The maximum absolute atomic E-state index is 11.3. The predicted molar refractivity (Wildman–Crippen MR) is 61.0 cm³/mol. The summed E-state index contributed by atoms with van der Waals surface area (Å²) in [5, 5.41) is 0.